The van der Waals surface area contributed by atoms with Gasteiger partial charge in [-0.15, -0.1) is 0 Å². The summed E-state index contributed by atoms with van der Waals surface area (Å²) in [4.78, 5) is 16.7. The van der Waals surface area contributed by atoms with Gasteiger partial charge in [0.15, 0.2) is 0 Å². The van der Waals surface area contributed by atoms with E-state index in [1.165, 1.54) is 0 Å². The summed E-state index contributed by atoms with van der Waals surface area (Å²) in [6.07, 6.45) is 4.81. The van der Waals surface area contributed by atoms with E-state index in [-0.39, 0.29) is 18.1 Å². The normalized spacial score (nSPS) is 19.8. The molecule has 136 valence electrons. The Morgan fingerprint density at radius 3 is 2.83 bits per heavy atom. The minimum absolute atomic E-state index is 0.000287. The van der Waals surface area contributed by atoms with Gasteiger partial charge >= 0.3 is 6.03 Å². The van der Waals surface area contributed by atoms with E-state index in [1.54, 1.807) is 4.68 Å². The number of likely N-dealkylation sites (N-methyl/N-ethyl adjacent to an activating group) is 1. The van der Waals surface area contributed by atoms with Gasteiger partial charge in [-0.25, -0.2) is 4.79 Å². The lowest BCUT2D eigenvalue weighted by molar-refractivity contribution is 0.00533. The van der Waals surface area contributed by atoms with Crippen molar-refractivity contribution in [3.63, 3.8) is 0 Å². The number of nitrogens with one attached hydrogen (secondary N) is 1. The van der Waals surface area contributed by atoms with Crippen LogP contribution in [-0.4, -0.2) is 72.1 Å². The molecule has 7 heteroatoms. The van der Waals surface area contributed by atoms with Crippen LogP contribution in [0.4, 0.5) is 4.79 Å². The zero-order valence-corrected chi connectivity index (χ0v) is 15.5. The van der Waals surface area contributed by atoms with Crippen molar-refractivity contribution >= 4 is 6.03 Å². The number of morpholine rings is 1. The summed E-state index contributed by atoms with van der Waals surface area (Å²) in [5.74, 6) is 0.539. The minimum atomic E-state index is -0.000287. The third kappa shape index (κ3) is 4.95. The van der Waals surface area contributed by atoms with Crippen LogP contribution in [-0.2, 0) is 11.8 Å². The van der Waals surface area contributed by atoms with Crippen molar-refractivity contribution in [3.05, 3.63) is 18.0 Å². The third-order valence-electron chi connectivity index (χ3n) is 4.41. The standard InChI is InChI=1S/C17H31N5O2/c1-13(2)8-15-12-24-7-6-22(15)17(23)18-10-16(20(3)4)14-9-19-21(5)11-14/h9,11,13,15-16H,6-8,10,12H2,1-5H3,(H,18,23)/t15-,16-/m0/s1. The molecule has 1 aliphatic heterocycles. The largest absolute Gasteiger partial charge is 0.377 e. The molecule has 0 spiro atoms. The minimum Gasteiger partial charge on any atom is -0.377 e. The van der Waals surface area contributed by atoms with Crippen LogP contribution in [0.1, 0.15) is 31.9 Å². The maximum atomic E-state index is 12.7. The van der Waals surface area contributed by atoms with Crippen molar-refractivity contribution < 1.29 is 9.53 Å². The molecule has 0 aromatic carbocycles. The Balaban J connectivity index is 1.96. The van der Waals surface area contributed by atoms with Gasteiger partial charge in [0.25, 0.3) is 0 Å². The van der Waals surface area contributed by atoms with Crippen LogP contribution in [0.3, 0.4) is 0 Å². The highest BCUT2D eigenvalue weighted by Gasteiger charge is 2.28. The summed E-state index contributed by atoms with van der Waals surface area (Å²) in [7, 11) is 5.93. The molecule has 0 bridgehead atoms. The second-order valence-electron chi connectivity index (χ2n) is 7.16. The highest BCUT2D eigenvalue weighted by Crippen LogP contribution is 2.18. The van der Waals surface area contributed by atoms with E-state index in [9.17, 15) is 4.79 Å². The van der Waals surface area contributed by atoms with E-state index >= 15 is 0 Å². The predicted octanol–water partition coefficient (Wildman–Crippen LogP) is 1.48. The van der Waals surface area contributed by atoms with Gasteiger partial charge in [0.05, 0.1) is 31.5 Å². The molecule has 0 radical (unpaired) electrons. The van der Waals surface area contributed by atoms with Crippen molar-refractivity contribution in [3.8, 4) is 0 Å². The first kappa shape index (κ1) is 18.7. The molecule has 2 heterocycles. The van der Waals surface area contributed by atoms with E-state index in [0.29, 0.717) is 32.2 Å². The summed E-state index contributed by atoms with van der Waals surface area (Å²) < 4.78 is 7.34. The topological polar surface area (TPSA) is 62.6 Å². The number of rotatable bonds is 6. The van der Waals surface area contributed by atoms with E-state index in [1.807, 2.05) is 38.4 Å². The second kappa shape index (κ2) is 8.48. The fourth-order valence-electron chi connectivity index (χ4n) is 3.16. The molecule has 1 N–H and O–H groups in total. The fourth-order valence-corrected chi connectivity index (χ4v) is 3.16. The Labute approximate surface area is 144 Å². The van der Waals surface area contributed by atoms with E-state index in [2.05, 4.69) is 29.2 Å². The van der Waals surface area contributed by atoms with Crippen LogP contribution in [0.2, 0.25) is 0 Å². The molecule has 2 amide bonds. The van der Waals surface area contributed by atoms with E-state index in [4.69, 9.17) is 4.74 Å². The SMILES string of the molecule is CC(C)C[C@H]1COCCN1C(=O)NC[C@@H](c1cnn(C)c1)N(C)C. The number of hydrogen-bond acceptors (Lipinski definition) is 4. The van der Waals surface area contributed by atoms with Crippen molar-refractivity contribution in [1.82, 2.24) is 24.9 Å². The van der Waals surface area contributed by atoms with Gasteiger partial charge in [-0.1, -0.05) is 13.8 Å². The molecule has 1 aromatic heterocycles. The Kier molecular flexibility index (Phi) is 6.62. The molecule has 0 saturated carbocycles. The lowest BCUT2D eigenvalue weighted by Crippen LogP contribution is -2.53. The zero-order valence-electron chi connectivity index (χ0n) is 15.5. The number of carbonyl (C=O) groups is 1. The Morgan fingerprint density at radius 2 is 2.25 bits per heavy atom. The highest BCUT2D eigenvalue weighted by atomic mass is 16.5. The average Bonchev–Trinajstić information content (AvgIpc) is 2.93. The number of hydrogen-bond donors (Lipinski definition) is 1. The number of aromatic nitrogens is 2. The molecule has 2 rings (SSSR count). The van der Waals surface area contributed by atoms with Crippen molar-refractivity contribution in [1.29, 1.82) is 0 Å². The molecule has 24 heavy (non-hydrogen) atoms. The van der Waals surface area contributed by atoms with Gasteiger partial charge in [0, 0.05) is 31.9 Å². The van der Waals surface area contributed by atoms with Crippen molar-refractivity contribution in [2.24, 2.45) is 13.0 Å². The summed E-state index contributed by atoms with van der Waals surface area (Å²) in [6, 6.07) is 0.266. The molecule has 7 nitrogen and oxygen atoms in total. The van der Waals surface area contributed by atoms with Gasteiger partial charge in [0.2, 0.25) is 0 Å². The van der Waals surface area contributed by atoms with Crippen LogP contribution in [0.15, 0.2) is 12.4 Å². The maximum Gasteiger partial charge on any atom is 0.317 e. The third-order valence-corrected chi connectivity index (χ3v) is 4.41. The Morgan fingerprint density at radius 1 is 1.50 bits per heavy atom. The van der Waals surface area contributed by atoms with Crippen LogP contribution in [0, 0.1) is 5.92 Å². The molecule has 0 unspecified atom stereocenters. The average molecular weight is 337 g/mol. The van der Waals surface area contributed by atoms with Gasteiger partial charge < -0.3 is 19.9 Å². The second-order valence-corrected chi connectivity index (χ2v) is 7.16. The van der Waals surface area contributed by atoms with Crippen molar-refractivity contribution in [2.75, 3.05) is 40.4 Å². The molecular weight excluding hydrogens is 306 g/mol. The molecule has 1 aromatic rings. The lowest BCUT2D eigenvalue weighted by Gasteiger charge is -2.37. The van der Waals surface area contributed by atoms with Gasteiger partial charge in [-0.2, -0.15) is 5.10 Å². The summed E-state index contributed by atoms with van der Waals surface area (Å²) in [5, 5.41) is 7.33. The summed E-state index contributed by atoms with van der Waals surface area (Å²) in [6.45, 7) is 6.81. The van der Waals surface area contributed by atoms with Gasteiger partial charge in [-0.05, 0) is 26.4 Å². The molecule has 1 aliphatic rings. The fraction of sp³-hybridized carbons (Fsp3) is 0.765. The highest BCUT2D eigenvalue weighted by molar-refractivity contribution is 5.74. The zero-order chi connectivity index (χ0) is 17.7. The number of urea groups is 1. The first-order chi connectivity index (χ1) is 11.4. The Hall–Kier alpha value is -1.60. The maximum absolute atomic E-state index is 12.7. The molecule has 1 fully saturated rings. The number of nitrogens with zero attached hydrogens (tertiary/aromatic N) is 4. The van der Waals surface area contributed by atoms with Crippen LogP contribution in [0.25, 0.3) is 0 Å². The number of aryl methyl sites for hydroxylation is 1. The summed E-state index contributed by atoms with van der Waals surface area (Å²) in [5.41, 5.74) is 1.10. The number of carbonyl (C=O) groups excluding carboxylic acids is 1. The Bertz CT molecular complexity index is 529. The van der Waals surface area contributed by atoms with Crippen LogP contribution < -0.4 is 5.32 Å². The first-order valence-corrected chi connectivity index (χ1v) is 8.65. The first-order valence-electron chi connectivity index (χ1n) is 8.65. The smallest absolute Gasteiger partial charge is 0.317 e. The lowest BCUT2D eigenvalue weighted by atomic mass is 10.0. The molecule has 2 atom stereocenters. The predicted molar refractivity (Wildman–Crippen MR) is 93.8 cm³/mol. The van der Waals surface area contributed by atoms with Crippen LogP contribution >= 0.6 is 0 Å². The van der Waals surface area contributed by atoms with E-state index in [0.717, 1.165) is 12.0 Å². The summed E-state index contributed by atoms with van der Waals surface area (Å²) >= 11 is 0. The van der Waals surface area contributed by atoms with Gasteiger partial charge in [-0.3, -0.25) is 4.68 Å². The van der Waals surface area contributed by atoms with Crippen LogP contribution in [0.5, 0.6) is 0 Å². The van der Waals surface area contributed by atoms with Crippen molar-refractivity contribution in [2.45, 2.75) is 32.4 Å². The monoisotopic (exact) mass is 337 g/mol. The molecule has 1 saturated heterocycles. The molecule has 0 aliphatic carbocycles. The quantitative estimate of drug-likeness (QED) is 0.854. The number of ether oxygens (including phenoxy) is 1. The van der Waals surface area contributed by atoms with Gasteiger partial charge in [0.1, 0.15) is 0 Å². The molecular formula is C17H31N5O2. The number of amides is 2. The van der Waals surface area contributed by atoms with E-state index < -0.39 is 0 Å².